The molecule has 0 aromatic heterocycles. The summed E-state index contributed by atoms with van der Waals surface area (Å²) in [5.74, 6) is 0.762. The summed E-state index contributed by atoms with van der Waals surface area (Å²) in [6.07, 6.45) is 6.31. The summed E-state index contributed by atoms with van der Waals surface area (Å²) in [5.41, 5.74) is 1.41. The van der Waals surface area contributed by atoms with Crippen molar-refractivity contribution < 1.29 is 13.9 Å². The van der Waals surface area contributed by atoms with Crippen molar-refractivity contribution in [1.29, 1.82) is 0 Å². The molecule has 2 aromatic carbocycles. The zero-order valence-electron chi connectivity index (χ0n) is 16.5. The van der Waals surface area contributed by atoms with E-state index in [1.807, 2.05) is 12.1 Å². The standard InChI is InChI=1S/C22H28BrClFNO2/c1-3-4-5-6-7-11-26-14-16-12-21(27-2)22(13-18(16)23)28-15-17-19(24)9-8-10-20(17)25/h8-10,12-13,26H,3-7,11,14-15H2,1-2H3. The van der Waals surface area contributed by atoms with Crippen LogP contribution in [-0.4, -0.2) is 13.7 Å². The van der Waals surface area contributed by atoms with Gasteiger partial charge in [0.15, 0.2) is 11.5 Å². The lowest BCUT2D eigenvalue weighted by molar-refractivity contribution is 0.279. The van der Waals surface area contributed by atoms with E-state index in [0.717, 1.165) is 23.1 Å². The summed E-state index contributed by atoms with van der Waals surface area (Å²) < 4.78 is 26.1. The number of unbranched alkanes of at least 4 members (excludes halogenated alkanes) is 4. The fourth-order valence-corrected chi connectivity index (χ4v) is 3.56. The molecule has 2 rings (SSSR count). The highest BCUT2D eigenvalue weighted by Gasteiger charge is 2.13. The van der Waals surface area contributed by atoms with Gasteiger partial charge in [-0.1, -0.05) is 66.2 Å². The van der Waals surface area contributed by atoms with Crippen LogP contribution in [-0.2, 0) is 13.2 Å². The molecule has 0 aliphatic carbocycles. The van der Waals surface area contributed by atoms with Gasteiger partial charge in [0.25, 0.3) is 0 Å². The Morgan fingerprint density at radius 3 is 2.61 bits per heavy atom. The van der Waals surface area contributed by atoms with Crippen LogP contribution in [0.1, 0.15) is 50.2 Å². The lowest BCUT2D eigenvalue weighted by Crippen LogP contribution is -2.15. The number of rotatable bonds is 12. The third kappa shape index (κ3) is 6.94. The Labute approximate surface area is 180 Å². The van der Waals surface area contributed by atoms with Crippen molar-refractivity contribution in [3.63, 3.8) is 0 Å². The number of methoxy groups -OCH3 is 1. The summed E-state index contributed by atoms with van der Waals surface area (Å²) in [6.45, 7) is 3.98. The predicted octanol–water partition coefficient (Wildman–Crippen LogP) is 6.89. The molecule has 0 saturated carbocycles. The SMILES string of the molecule is CCCCCCCNCc1cc(OC)c(OCc2c(F)cccc2Cl)cc1Br. The molecule has 1 N–H and O–H groups in total. The minimum atomic E-state index is -0.384. The van der Waals surface area contributed by atoms with E-state index >= 15 is 0 Å². The molecule has 0 unspecified atom stereocenters. The number of halogens is 3. The Hall–Kier alpha value is -1.30. The predicted molar refractivity (Wildman–Crippen MR) is 117 cm³/mol. The largest absolute Gasteiger partial charge is 0.493 e. The highest BCUT2D eigenvalue weighted by molar-refractivity contribution is 9.10. The minimum absolute atomic E-state index is 0.0314. The van der Waals surface area contributed by atoms with Gasteiger partial charge >= 0.3 is 0 Å². The van der Waals surface area contributed by atoms with Crippen LogP contribution in [0.5, 0.6) is 11.5 Å². The third-order valence-corrected chi connectivity index (χ3v) is 5.63. The van der Waals surface area contributed by atoms with E-state index in [1.54, 1.807) is 19.2 Å². The highest BCUT2D eigenvalue weighted by atomic mass is 79.9. The van der Waals surface area contributed by atoms with Gasteiger partial charge in [-0.25, -0.2) is 4.39 Å². The Bertz CT molecular complexity index is 737. The van der Waals surface area contributed by atoms with Crippen LogP contribution in [0.4, 0.5) is 4.39 Å². The van der Waals surface area contributed by atoms with Crippen molar-refractivity contribution in [1.82, 2.24) is 5.32 Å². The van der Waals surface area contributed by atoms with Crippen LogP contribution in [0.25, 0.3) is 0 Å². The number of ether oxygens (including phenoxy) is 2. The average Bonchev–Trinajstić information content (AvgIpc) is 2.68. The van der Waals surface area contributed by atoms with Crippen LogP contribution in [0.2, 0.25) is 5.02 Å². The summed E-state index contributed by atoms with van der Waals surface area (Å²) in [6, 6.07) is 8.38. The highest BCUT2D eigenvalue weighted by Crippen LogP contribution is 2.34. The maximum absolute atomic E-state index is 13.9. The fourth-order valence-electron chi connectivity index (χ4n) is 2.88. The molecule has 3 nitrogen and oxygen atoms in total. The molecule has 0 aliphatic heterocycles. The lowest BCUT2D eigenvalue weighted by atomic mass is 10.1. The van der Waals surface area contributed by atoms with E-state index in [-0.39, 0.29) is 12.4 Å². The van der Waals surface area contributed by atoms with Crippen LogP contribution >= 0.6 is 27.5 Å². The molecule has 0 spiro atoms. The Morgan fingerprint density at radius 1 is 1.11 bits per heavy atom. The second-order valence-electron chi connectivity index (χ2n) is 6.67. The molecular formula is C22H28BrClFNO2. The molecule has 0 atom stereocenters. The molecule has 6 heteroatoms. The van der Waals surface area contributed by atoms with E-state index in [4.69, 9.17) is 21.1 Å². The first-order valence-corrected chi connectivity index (χ1v) is 10.9. The summed E-state index contributed by atoms with van der Waals surface area (Å²) in [7, 11) is 1.59. The van der Waals surface area contributed by atoms with Gasteiger partial charge in [0.1, 0.15) is 12.4 Å². The van der Waals surface area contributed by atoms with Gasteiger partial charge in [0.05, 0.1) is 12.1 Å². The van der Waals surface area contributed by atoms with Crippen LogP contribution in [0.15, 0.2) is 34.8 Å². The van der Waals surface area contributed by atoms with Gasteiger partial charge < -0.3 is 14.8 Å². The second kappa shape index (κ2) is 12.3. The quantitative estimate of drug-likeness (QED) is 0.341. The van der Waals surface area contributed by atoms with Crippen molar-refractivity contribution in [3.8, 4) is 11.5 Å². The Morgan fingerprint density at radius 2 is 1.89 bits per heavy atom. The number of hydrogen-bond acceptors (Lipinski definition) is 3. The van der Waals surface area contributed by atoms with Gasteiger partial charge in [-0.2, -0.15) is 0 Å². The van der Waals surface area contributed by atoms with E-state index in [1.165, 1.54) is 38.2 Å². The zero-order valence-corrected chi connectivity index (χ0v) is 18.8. The van der Waals surface area contributed by atoms with Gasteiger partial charge in [0.2, 0.25) is 0 Å². The van der Waals surface area contributed by atoms with Gasteiger partial charge in [-0.3, -0.25) is 0 Å². The van der Waals surface area contributed by atoms with Gasteiger partial charge in [0, 0.05) is 16.6 Å². The number of hydrogen-bond donors (Lipinski definition) is 1. The van der Waals surface area contributed by atoms with E-state index in [0.29, 0.717) is 22.1 Å². The zero-order chi connectivity index (χ0) is 20.4. The van der Waals surface area contributed by atoms with Crippen molar-refractivity contribution in [2.45, 2.75) is 52.2 Å². The molecule has 0 aliphatic rings. The monoisotopic (exact) mass is 471 g/mol. The Balaban J connectivity index is 1.95. The third-order valence-electron chi connectivity index (χ3n) is 4.54. The van der Waals surface area contributed by atoms with Gasteiger partial charge in [-0.05, 0) is 42.8 Å². The smallest absolute Gasteiger partial charge is 0.162 e. The van der Waals surface area contributed by atoms with Gasteiger partial charge in [-0.15, -0.1) is 0 Å². The van der Waals surface area contributed by atoms with Crippen LogP contribution in [0, 0.1) is 5.82 Å². The van der Waals surface area contributed by atoms with Crippen molar-refractivity contribution in [2.75, 3.05) is 13.7 Å². The van der Waals surface area contributed by atoms with E-state index in [9.17, 15) is 4.39 Å². The topological polar surface area (TPSA) is 30.5 Å². The number of nitrogens with one attached hydrogen (secondary N) is 1. The van der Waals surface area contributed by atoms with Crippen LogP contribution < -0.4 is 14.8 Å². The second-order valence-corrected chi connectivity index (χ2v) is 7.94. The molecule has 2 aromatic rings. The maximum Gasteiger partial charge on any atom is 0.162 e. The van der Waals surface area contributed by atoms with Crippen molar-refractivity contribution in [2.24, 2.45) is 0 Å². The number of benzene rings is 2. The average molecular weight is 473 g/mol. The molecule has 0 amide bonds. The molecule has 0 saturated heterocycles. The maximum atomic E-state index is 13.9. The summed E-state index contributed by atoms with van der Waals surface area (Å²) >= 11 is 9.66. The summed E-state index contributed by atoms with van der Waals surface area (Å²) in [4.78, 5) is 0. The molecule has 0 radical (unpaired) electrons. The minimum Gasteiger partial charge on any atom is -0.493 e. The summed E-state index contributed by atoms with van der Waals surface area (Å²) in [5, 5.41) is 3.81. The first kappa shape index (κ1) is 23.0. The lowest BCUT2D eigenvalue weighted by Gasteiger charge is -2.15. The fraction of sp³-hybridized carbons (Fsp3) is 0.455. The first-order valence-electron chi connectivity index (χ1n) is 9.69. The molecule has 0 heterocycles. The molecule has 28 heavy (non-hydrogen) atoms. The van der Waals surface area contributed by atoms with E-state index in [2.05, 4.69) is 28.2 Å². The van der Waals surface area contributed by atoms with Crippen molar-refractivity contribution >= 4 is 27.5 Å². The molecule has 0 fully saturated rings. The van der Waals surface area contributed by atoms with Crippen molar-refractivity contribution in [3.05, 3.63) is 56.8 Å². The molecular weight excluding hydrogens is 445 g/mol. The Kier molecular flexibility index (Phi) is 10.1. The van der Waals surface area contributed by atoms with E-state index < -0.39 is 0 Å². The molecule has 154 valence electrons. The van der Waals surface area contributed by atoms with Crippen LogP contribution in [0.3, 0.4) is 0 Å². The normalized spacial score (nSPS) is 10.9. The molecule has 0 bridgehead atoms. The first-order chi connectivity index (χ1) is 13.6.